The fourth-order valence-electron chi connectivity index (χ4n) is 1.80. The average Bonchev–Trinajstić information content (AvgIpc) is 2.99. The van der Waals surface area contributed by atoms with Crippen molar-refractivity contribution in [1.29, 1.82) is 0 Å². The molecule has 2 rings (SSSR count). The van der Waals surface area contributed by atoms with Crippen LogP contribution in [0.3, 0.4) is 0 Å². The number of thiophene rings is 1. The Bertz CT molecular complexity index is 719. The number of sulfonamides is 1. The zero-order valence-electron chi connectivity index (χ0n) is 11.4. The van der Waals surface area contributed by atoms with Crippen molar-refractivity contribution in [1.82, 2.24) is 9.29 Å². The fraction of sp³-hybridized carbons (Fsp3) is 0.250. The Kier molecular flexibility index (Phi) is 4.99. The summed E-state index contributed by atoms with van der Waals surface area (Å²) in [5.41, 5.74) is 2.32. The van der Waals surface area contributed by atoms with Crippen molar-refractivity contribution in [3.63, 3.8) is 0 Å². The zero-order chi connectivity index (χ0) is 15.6. The molecule has 2 aromatic heterocycles. The molecule has 0 saturated carbocycles. The largest absolute Gasteiger partial charge is 0.307 e. The van der Waals surface area contributed by atoms with Crippen LogP contribution >= 0.6 is 27.3 Å². The highest BCUT2D eigenvalue weighted by atomic mass is 79.9. The second kappa shape index (κ2) is 6.41. The van der Waals surface area contributed by atoms with Crippen LogP contribution < -0.4 is 11.3 Å². The molecule has 114 valence electrons. The molecule has 3 N–H and O–H groups in total. The lowest BCUT2D eigenvalue weighted by molar-refractivity contribution is 0.403. The molecule has 0 fully saturated rings. The van der Waals surface area contributed by atoms with Crippen LogP contribution in [0.1, 0.15) is 17.8 Å². The first-order valence-corrected chi connectivity index (χ1v) is 9.12. The summed E-state index contributed by atoms with van der Waals surface area (Å²) < 4.78 is 27.4. The molecule has 0 aliphatic heterocycles. The average molecular weight is 391 g/mol. The molecule has 21 heavy (non-hydrogen) atoms. The third-order valence-electron chi connectivity index (χ3n) is 3.11. The molecule has 0 aliphatic rings. The van der Waals surface area contributed by atoms with E-state index in [0.29, 0.717) is 4.47 Å². The van der Waals surface area contributed by atoms with E-state index in [2.05, 4.69) is 26.3 Å². The van der Waals surface area contributed by atoms with Crippen molar-refractivity contribution in [3.8, 4) is 0 Å². The van der Waals surface area contributed by atoms with Crippen molar-refractivity contribution < 1.29 is 8.42 Å². The van der Waals surface area contributed by atoms with E-state index in [4.69, 9.17) is 5.84 Å². The van der Waals surface area contributed by atoms with E-state index < -0.39 is 10.0 Å². The predicted molar refractivity (Wildman–Crippen MR) is 87.4 cm³/mol. The Hall–Kier alpha value is -1.00. The minimum absolute atomic E-state index is 0.0327. The van der Waals surface area contributed by atoms with E-state index in [1.807, 2.05) is 24.4 Å². The maximum Gasteiger partial charge on any atom is 0.247 e. The highest BCUT2D eigenvalue weighted by Crippen LogP contribution is 2.31. The van der Waals surface area contributed by atoms with Crippen molar-refractivity contribution in [2.45, 2.75) is 17.9 Å². The van der Waals surface area contributed by atoms with Crippen LogP contribution in [-0.2, 0) is 10.0 Å². The van der Waals surface area contributed by atoms with Gasteiger partial charge in [0, 0.05) is 22.6 Å². The van der Waals surface area contributed by atoms with Gasteiger partial charge in [-0.05, 0) is 40.4 Å². The van der Waals surface area contributed by atoms with Crippen LogP contribution in [0.25, 0.3) is 0 Å². The van der Waals surface area contributed by atoms with E-state index in [9.17, 15) is 8.42 Å². The van der Waals surface area contributed by atoms with Gasteiger partial charge in [0.25, 0.3) is 0 Å². The van der Waals surface area contributed by atoms with E-state index in [1.54, 1.807) is 7.05 Å². The van der Waals surface area contributed by atoms with E-state index in [1.165, 1.54) is 27.9 Å². The number of rotatable bonds is 5. The topological polar surface area (TPSA) is 88.3 Å². The lowest BCUT2D eigenvalue weighted by Gasteiger charge is -2.24. The molecular formula is C12H15BrN4O2S2. The molecule has 0 bridgehead atoms. The molecule has 0 aromatic carbocycles. The molecule has 0 saturated heterocycles. The molecular weight excluding hydrogens is 376 g/mol. The Balaban J connectivity index is 2.44. The summed E-state index contributed by atoms with van der Waals surface area (Å²) in [7, 11) is -2.18. The fourth-order valence-corrected chi connectivity index (χ4v) is 4.65. The second-order valence-electron chi connectivity index (χ2n) is 4.36. The van der Waals surface area contributed by atoms with Crippen LogP contribution in [0.2, 0.25) is 0 Å². The molecule has 2 aromatic rings. The number of halogens is 1. The minimum Gasteiger partial charge on any atom is -0.307 e. The summed E-state index contributed by atoms with van der Waals surface area (Å²) in [5.74, 6) is 5.47. The third-order valence-corrected chi connectivity index (χ3v) is 6.53. The molecule has 0 radical (unpaired) electrons. The first kappa shape index (κ1) is 16.4. The maximum atomic E-state index is 12.8. The first-order chi connectivity index (χ1) is 9.87. The highest BCUT2D eigenvalue weighted by molar-refractivity contribution is 9.10. The number of pyridine rings is 1. The van der Waals surface area contributed by atoms with Gasteiger partial charge in [0.05, 0.1) is 6.04 Å². The zero-order valence-corrected chi connectivity index (χ0v) is 14.7. The molecule has 6 nitrogen and oxygen atoms in total. The van der Waals surface area contributed by atoms with Gasteiger partial charge in [0.2, 0.25) is 10.0 Å². The Morgan fingerprint density at radius 1 is 1.52 bits per heavy atom. The molecule has 0 spiro atoms. The van der Waals surface area contributed by atoms with Gasteiger partial charge in [-0.15, -0.1) is 11.3 Å². The van der Waals surface area contributed by atoms with Crippen molar-refractivity contribution in [3.05, 3.63) is 39.1 Å². The number of aromatic nitrogens is 1. The number of hydrazine groups is 1. The van der Waals surface area contributed by atoms with Crippen LogP contribution in [0, 0.1) is 0 Å². The standard InChI is InChI=1S/C12H15BrN4O2S2/c1-8(10-4-3-5-20-10)17(2)21(18,19)11-6-9(13)7-15-12(11)16-14/h3-8H,14H2,1-2H3,(H,15,16). The van der Waals surface area contributed by atoms with Crippen LogP contribution in [-0.4, -0.2) is 24.8 Å². The number of hydrogen-bond donors (Lipinski definition) is 2. The van der Waals surface area contributed by atoms with E-state index in [0.717, 1.165) is 4.88 Å². The summed E-state index contributed by atoms with van der Waals surface area (Å²) >= 11 is 4.74. The highest BCUT2D eigenvalue weighted by Gasteiger charge is 2.29. The first-order valence-electron chi connectivity index (χ1n) is 6.01. The van der Waals surface area contributed by atoms with Gasteiger partial charge in [-0.2, -0.15) is 4.31 Å². The minimum atomic E-state index is -3.72. The van der Waals surface area contributed by atoms with Gasteiger partial charge in [-0.3, -0.25) is 0 Å². The van der Waals surface area contributed by atoms with Gasteiger partial charge < -0.3 is 5.43 Å². The maximum absolute atomic E-state index is 12.8. The Morgan fingerprint density at radius 2 is 2.24 bits per heavy atom. The van der Waals surface area contributed by atoms with Gasteiger partial charge >= 0.3 is 0 Å². The lowest BCUT2D eigenvalue weighted by Crippen LogP contribution is -2.30. The predicted octanol–water partition coefficient (Wildman–Crippen LogP) is 2.57. The summed E-state index contributed by atoms with van der Waals surface area (Å²) in [4.78, 5) is 4.98. The van der Waals surface area contributed by atoms with Crippen molar-refractivity contribution in [2.75, 3.05) is 12.5 Å². The molecule has 0 amide bonds. The summed E-state index contributed by atoms with van der Waals surface area (Å²) in [5, 5.41) is 1.92. The Labute approximate surface area is 136 Å². The molecule has 0 aliphatic carbocycles. The molecule has 9 heteroatoms. The SMILES string of the molecule is CC(c1cccs1)N(C)S(=O)(=O)c1cc(Br)cnc1NN. The third kappa shape index (κ3) is 3.27. The molecule has 2 heterocycles. The quantitative estimate of drug-likeness (QED) is 0.604. The molecule has 1 unspecified atom stereocenters. The summed E-state index contributed by atoms with van der Waals surface area (Å²) in [6, 6.07) is 5.00. The normalized spacial score (nSPS) is 13.4. The number of nitrogens with two attached hydrogens (primary N) is 1. The van der Waals surface area contributed by atoms with Gasteiger partial charge in [-0.1, -0.05) is 6.07 Å². The number of anilines is 1. The number of nitrogen functional groups attached to an aromatic ring is 1. The van der Waals surface area contributed by atoms with Gasteiger partial charge in [0.1, 0.15) is 4.90 Å². The number of nitrogens with zero attached hydrogens (tertiary/aromatic N) is 2. The van der Waals surface area contributed by atoms with Crippen LogP contribution in [0.4, 0.5) is 5.82 Å². The van der Waals surface area contributed by atoms with Crippen LogP contribution in [0.15, 0.2) is 39.1 Å². The van der Waals surface area contributed by atoms with E-state index in [-0.39, 0.29) is 16.8 Å². The second-order valence-corrected chi connectivity index (χ2v) is 8.22. The van der Waals surface area contributed by atoms with Gasteiger partial charge in [-0.25, -0.2) is 19.2 Å². The number of nitrogens with one attached hydrogen (secondary N) is 1. The van der Waals surface area contributed by atoms with Gasteiger partial charge in [0.15, 0.2) is 5.82 Å². The summed E-state index contributed by atoms with van der Waals surface area (Å²) in [6.45, 7) is 1.84. The summed E-state index contributed by atoms with van der Waals surface area (Å²) in [6.07, 6.45) is 1.48. The van der Waals surface area contributed by atoms with E-state index >= 15 is 0 Å². The monoisotopic (exact) mass is 390 g/mol. The molecule has 1 atom stereocenters. The van der Waals surface area contributed by atoms with Crippen molar-refractivity contribution >= 4 is 43.1 Å². The Morgan fingerprint density at radius 3 is 2.81 bits per heavy atom. The lowest BCUT2D eigenvalue weighted by atomic mass is 10.3. The van der Waals surface area contributed by atoms with Crippen molar-refractivity contribution in [2.24, 2.45) is 5.84 Å². The smallest absolute Gasteiger partial charge is 0.247 e. The van der Waals surface area contributed by atoms with Crippen LogP contribution in [0.5, 0.6) is 0 Å². The number of hydrogen-bond acceptors (Lipinski definition) is 6.